The molecule has 0 unspecified atom stereocenters. The fraction of sp³-hybridized carbons (Fsp3) is 0.429. The summed E-state index contributed by atoms with van der Waals surface area (Å²) >= 11 is 7.13. The van der Waals surface area contributed by atoms with E-state index in [1.54, 1.807) is 0 Å². The van der Waals surface area contributed by atoms with Crippen molar-refractivity contribution in [1.82, 2.24) is 0 Å². The number of halogens is 2. The third-order valence-electron chi connectivity index (χ3n) is 5.77. The van der Waals surface area contributed by atoms with Crippen molar-refractivity contribution >= 4 is 81.9 Å². The summed E-state index contributed by atoms with van der Waals surface area (Å²) in [7, 11) is -8.50. The predicted octanol–water partition coefficient (Wildman–Crippen LogP) is 4.88. The molecule has 2 aromatic carbocycles. The minimum atomic E-state index is -4.47. The Hall–Kier alpha value is 0.180. The van der Waals surface area contributed by atoms with E-state index in [4.69, 9.17) is 9.11 Å². The second-order valence-corrected chi connectivity index (χ2v) is 12.4. The van der Waals surface area contributed by atoms with Crippen molar-refractivity contribution in [2.24, 2.45) is 0 Å². The Morgan fingerprint density at radius 2 is 1.27 bits per heavy atom. The Morgan fingerprint density at radius 1 is 0.788 bits per heavy atom. The summed E-state index contributed by atoms with van der Waals surface area (Å²) in [5.41, 5.74) is 4.07. The van der Waals surface area contributed by atoms with Gasteiger partial charge in [-0.3, -0.25) is 9.11 Å². The summed E-state index contributed by atoms with van der Waals surface area (Å²) in [6.45, 7) is -0.117. The Bertz CT molecular complexity index is 1150. The Kier molecular flexibility index (Phi) is 10.6. The van der Waals surface area contributed by atoms with Gasteiger partial charge in [0.05, 0.1) is 12.4 Å². The Morgan fingerprint density at radius 3 is 1.73 bits per heavy atom. The first-order valence-electron chi connectivity index (χ1n) is 10.1. The molecule has 0 aromatic heterocycles. The minimum absolute atomic E-state index is 0. The van der Waals surface area contributed by atoms with E-state index in [1.165, 1.54) is 0 Å². The van der Waals surface area contributed by atoms with Crippen molar-refractivity contribution in [2.75, 3.05) is 12.4 Å². The molecule has 0 radical (unpaired) electrons. The number of hydrogen-bond acceptors (Lipinski definition) is 5. The number of benzene rings is 2. The summed E-state index contributed by atoms with van der Waals surface area (Å²) in [6, 6.07) is 12.3. The second-order valence-electron chi connectivity index (χ2n) is 7.91. The summed E-state index contributed by atoms with van der Waals surface area (Å²) in [5.74, 6) is -0.290. The van der Waals surface area contributed by atoms with E-state index in [1.807, 2.05) is 12.1 Å². The van der Waals surface area contributed by atoms with Crippen LogP contribution in [0.5, 0.6) is 0 Å². The fourth-order valence-corrected chi connectivity index (χ4v) is 6.13. The van der Waals surface area contributed by atoms with Gasteiger partial charge in [0.25, 0.3) is 10.1 Å². The molecule has 3 rings (SSSR count). The van der Waals surface area contributed by atoms with Crippen molar-refractivity contribution in [3.63, 3.8) is 0 Å². The maximum atomic E-state index is 11.2. The average Bonchev–Trinajstić information content (AvgIpc) is 2.92. The molecular weight excluding hydrogens is 611 g/mol. The molecule has 0 saturated carbocycles. The molecule has 0 atom stereocenters. The van der Waals surface area contributed by atoms with Crippen LogP contribution in [0.3, 0.4) is 0 Å². The molecule has 33 heavy (non-hydrogen) atoms. The van der Waals surface area contributed by atoms with E-state index < -0.39 is 25.9 Å². The molecule has 178 valence electrons. The van der Waals surface area contributed by atoms with Crippen LogP contribution in [0.1, 0.15) is 49.7 Å². The zero-order valence-corrected chi connectivity index (χ0v) is 21.9. The summed E-state index contributed by atoms with van der Waals surface area (Å²) in [4.78, 5) is 0. The average molecular weight is 636 g/mol. The first kappa shape index (κ1) is 29.4. The molecule has 2 aromatic rings. The summed E-state index contributed by atoms with van der Waals surface area (Å²) < 4.78 is 68.2. The number of unbranched alkanes of at least 4 members (excludes halogenated alkanes) is 2. The first-order valence-corrected chi connectivity index (χ1v) is 14.6. The predicted molar refractivity (Wildman–Crippen MR) is 137 cm³/mol. The molecule has 12 heteroatoms. The normalized spacial score (nSPS) is 14.4. The number of rotatable bonds is 11. The van der Waals surface area contributed by atoms with Crippen LogP contribution >= 0.6 is 31.9 Å². The van der Waals surface area contributed by atoms with E-state index in [9.17, 15) is 16.8 Å². The fourth-order valence-electron chi connectivity index (χ4n) is 4.51. The van der Waals surface area contributed by atoms with Crippen LogP contribution in [0, 0.1) is 0 Å². The van der Waals surface area contributed by atoms with Crippen molar-refractivity contribution in [2.45, 2.75) is 43.9 Å². The van der Waals surface area contributed by atoms with Crippen LogP contribution in [0.4, 0.5) is 0 Å². The molecule has 0 aliphatic heterocycles. The van der Waals surface area contributed by atoms with Crippen LogP contribution in [0.2, 0.25) is 0 Å². The standard InChI is InChI=1S/C21H24Br2O7S2.Na.H/c22-15-5-7-17-18-8-6-16(23)14-20(18)21(19(17)13-15,10-2-4-12-31(24,25)26)9-1-3-11-30-32(27,28)29;;/h5-8,13-14H,1-4,9-12H2,(H,24,25,26)(H,27,28,29);;. The third kappa shape index (κ3) is 7.83. The van der Waals surface area contributed by atoms with Gasteiger partial charge in [-0.1, -0.05) is 50.4 Å². The van der Waals surface area contributed by atoms with Crippen molar-refractivity contribution < 1.29 is 30.1 Å². The molecule has 2 N–H and O–H groups in total. The number of hydrogen-bond donors (Lipinski definition) is 2. The van der Waals surface area contributed by atoms with Crippen molar-refractivity contribution in [3.8, 4) is 11.1 Å². The van der Waals surface area contributed by atoms with Gasteiger partial charge in [-0.2, -0.15) is 16.8 Å². The molecule has 1 aliphatic carbocycles. The molecular formula is C21H25Br2NaO7S2. The monoisotopic (exact) mass is 634 g/mol. The molecule has 0 saturated heterocycles. The zero-order chi connectivity index (χ0) is 23.6. The van der Waals surface area contributed by atoms with E-state index in [2.05, 4.69) is 60.3 Å². The molecule has 1 aliphatic rings. The summed E-state index contributed by atoms with van der Waals surface area (Å²) in [6.07, 6.45) is 3.32. The second kappa shape index (κ2) is 11.9. The van der Waals surface area contributed by atoms with Crippen molar-refractivity contribution in [3.05, 3.63) is 56.5 Å². The van der Waals surface area contributed by atoms with Crippen LogP contribution < -0.4 is 0 Å². The van der Waals surface area contributed by atoms with Gasteiger partial charge >= 0.3 is 40.0 Å². The Balaban J connectivity index is 0.00000385. The van der Waals surface area contributed by atoms with E-state index in [-0.39, 0.29) is 41.9 Å². The first-order chi connectivity index (χ1) is 14.9. The van der Waals surface area contributed by atoms with E-state index in [0.717, 1.165) is 31.2 Å². The third-order valence-corrected chi connectivity index (χ3v) is 8.03. The quantitative estimate of drug-likeness (QED) is 0.205. The topological polar surface area (TPSA) is 118 Å². The molecule has 0 spiro atoms. The SMILES string of the molecule is O=S(=O)(O)CCCCC1(CCCCOS(=O)(=O)O)c2cc(Br)ccc2-c2ccc(Br)cc21.[NaH]. The molecule has 0 heterocycles. The zero-order valence-electron chi connectivity index (χ0n) is 17.1. The van der Waals surface area contributed by atoms with Crippen molar-refractivity contribution in [1.29, 1.82) is 0 Å². The molecule has 0 amide bonds. The molecule has 0 fully saturated rings. The van der Waals surface area contributed by atoms with Gasteiger partial charge in [-0.25, -0.2) is 4.18 Å². The van der Waals surface area contributed by atoms with E-state index in [0.29, 0.717) is 38.5 Å². The van der Waals surface area contributed by atoms with Gasteiger partial charge in [-0.15, -0.1) is 0 Å². The van der Waals surface area contributed by atoms with Gasteiger partial charge in [0, 0.05) is 14.4 Å². The van der Waals surface area contributed by atoms with Crippen LogP contribution in [0.25, 0.3) is 11.1 Å². The molecule has 0 bridgehead atoms. The maximum absolute atomic E-state index is 11.2. The van der Waals surface area contributed by atoms with Crippen LogP contribution in [-0.2, 0) is 30.1 Å². The molecule has 7 nitrogen and oxygen atoms in total. The van der Waals surface area contributed by atoms with Gasteiger partial charge in [-0.05, 0) is 78.6 Å². The Labute approximate surface area is 233 Å². The van der Waals surface area contributed by atoms with E-state index >= 15 is 0 Å². The number of fused-ring (bicyclic) bond motifs is 3. The van der Waals surface area contributed by atoms with Gasteiger partial charge < -0.3 is 0 Å². The van der Waals surface area contributed by atoms with Gasteiger partial charge in [0.2, 0.25) is 0 Å². The van der Waals surface area contributed by atoms with Gasteiger partial charge in [0.15, 0.2) is 0 Å². The summed E-state index contributed by atoms with van der Waals surface area (Å²) in [5, 5.41) is 0. The van der Waals surface area contributed by atoms with Crippen LogP contribution in [0.15, 0.2) is 45.3 Å². The van der Waals surface area contributed by atoms with Crippen LogP contribution in [-0.4, -0.2) is 67.9 Å². The van der Waals surface area contributed by atoms with Gasteiger partial charge in [0.1, 0.15) is 0 Å².